The van der Waals surface area contributed by atoms with Gasteiger partial charge in [-0.1, -0.05) is 12.1 Å². The average molecular weight is 426 g/mol. The first-order valence-corrected chi connectivity index (χ1v) is 11.6. The minimum absolute atomic E-state index is 0.0142. The molecule has 0 aliphatic rings. The van der Waals surface area contributed by atoms with E-state index in [1.54, 1.807) is 23.1 Å². The van der Waals surface area contributed by atoms with Crippen molar-refractivity contribution in [3.05, 3.63) is 75.7 Å². The summed E-state index contributed by atoms with van der Waals surface area (Å²) in [5.41, 5.74) is 4.30. The zero-order valence-corrected chi connectivity index (χ0v) is 18.8. The Morgan fingerprint density at radius 1 is 1.10 bits per heavy atom. The van der Waals surface area contributed by atoms with Crippen molar-refractivity contribution < 1.29 is 4.79 Å². The molecular formula is C23H27N3OS2. The molecule has 0 spiro atoms. The molecule has 0 unspecified atom stereocenters. The lowest BCUT2D eigenvalue weighted by molar-refractivity contribution is 0.0953. The van der Waals surface area contributed by atoms with Gasteiger partial charge < -0.3 is 10.2 Å². The second kappa shape index (κ2) is 10.5. The van der Waals surface area contributed by atoms with E-state index in [-0.39, 0.29) is 5.91 Å². The molecule has 3 rings (SSSR count). The smallest absolute Gasteiger partial charge is 0.251 e. The van der Waals surface area contributed by atoms with E-state index in [1.165, 1.54) is 11.3 Å². The average Bonchev–Trinajstić information content (AvgIpc) is 3.15. The Morgan fingerprint density at radius 3 is 2.45 bits per heavy atom. The Hall–Kier alpha value is -2.31. The van der Waals surface area contributed by atoms with Gasteiger partial charge in [0.1, 0.15) is 0 Å². The fraction of sp³-hybridized carbons (Fsp3) is 0.304. The number of hydrogen-bond acceptors (Lipinski definition) is 5. The molecule has 6 heteroatoms. The topological polar surface area (TPSA) is 45.2 Å². The van der Waals surface area contributed by atoms with Crippen LogP contribution < -0.4 is 10.2 Å². The minimum atomic E-state index is -0.0142. The molecule has 0 aliphatic carbocycles. The summed E-state index contributed by atoms with van der Waals surface area (Å²) >= 11 is 3.41. The molecular weight excluding hydrogens is 398 g/mol. The summed E-state index contributed by atoms with van der Waals surface area (Å²) in [7, 11) is 4.08. The van der Waals surface area contributed by atoms with E-state index in [9.17, 15) is 4.79 Å². The van der Waals surface area contributed by atoms with Crippen molar-refractivity contribution in [2.75, 3.05) is 25.5 Å². The molecule has 0 saturated heterocycles. The summed E-state index contributed by atoms with van der Waals surface area (Å²) < 4.78 is 0. The summed E-state index contributed by atoms with van der Waals surface area (Å²) in [6.07, 6.45) is 1.88. The number of thioether (sulfide) groups is 1. The van der Waals surface area contributed by atoms with Gasteiger partial charge in [0.05, 0.1) is 10.7 Å². The zero-order valence-electron chi connectivity index (χ0n) is 17.1. The number of rotatable bonds is 9. The van der Waals surface area contributed by atoms with E-state index in [1.807, 2.05) is 45.3 Å². The number of carbonyl (C=O) groups excluding carboxylic acids is 1. The highest BCUT2D eigenvalue weighted by Crippen LogP contribution is 2.24. The third kappa shape index (κ3) is 6.61. The highest BCUT2D eigenvalue weighted by atomic mass is 32.2. The first-order chi connectivity index (χ1) is 14.0. The molecule has 3 aromatic rings. The number of carbonyl (C=O) groups is 1. The molecule has 0 saturated carbocycles. The summed E-state index contributed by atoms with van der Waals surface area (Å²) in [6.45, 7) is 2.70. The van der Waals surface area contributed by atoms with Crippen LogP contribution in [0.2, 0.25) is 0 Å². The van der Waals surface area contributed by atoms with Crippen LogP contribution in [0.4, 0.5) is 5.69 Å². The second-order valence-electron chi connectivity index (χ2n) is 7.09. The number of nitrogens with one attached hydrogen (secondary N) is 1. The lowest BCUT2D eigenvalue weighted by Gasteiger charge is -2.12. The van der Waals surface area contributed by atoms with Gasteiger partial charge in [0.25, 0.3) is 5.91 Å². The van der Waals surface area contributed by atoms with Gasteiger partial charge in [-0.3, -0.25) is 4.79 Å². The number of aromatic nitrogens is 1. The van der Waals surface area contributed by atoms with Crippen molar-refractivity contribution in [1.29, 1.82) is 0 Å². The predicted molar refractivity (Wildman–Crippen MR) is 124 cm³/mol. The van der Waals surface area contributed by atoms with Gasteiger partial charge in [-0.15, -0.1) is 23.1 Å². The van der Waals surface area contributed by atoms with E-state index in [2.05, 4.69) is 44.8 Å². The first kappa shape index (κ1) is 21.4. The molecule has 1 aromatic heterocycles. The van der Waals surface area contributed by atoms with Crippen LogP contribution >= 0.6 is 23.1 Å². The third-order valence-corrected chi connectivity index (χ3v) is 6.42. The fourth-order valence-corrected chi connectivity index (χ4v) is 4.40. The molecule has 0 bridgehead atoms. The van der Waals surface area contributed by atoms with Crippen LogP contribution in [0, 0.1) is 6.92 Å². The molecule has 1 heterocycles. The number of amides is 1. The first-order valence-electron chi connectivity index (χ1n) is 9.69. The largest absolute Gasteiger partial charge is 0.378 e. The summed E-state index contributed by atoms with van der Waals surface area (Å²) in [5, 5.41) is 6.21. The number of aryl methyl sites for hydroxylation is 2. The Labute approximate surface area is 181 Å². The number of nitrogens with zero attached hydrogens (tertiary/aromatic N) is 2. The van der Waals surface area contributed by atoms with Crippen LogP contribution in [0.1, 0.15) is 33.0 Å². The van der Waals surface area contributed by atoms with Gasteiger partial charge in [-0.2, -0.15) is 0 Å². The van der Waals surface area contributed by atoms with Crippen LogP contribution in [-0.4, -0.2) is 31.5 Å². The SMILES string of the molecule is Cc1nc(CSc2ccc(C(=O)NCCCc3ccc(N(C)C)cc3)cc2)cs1. The van der Waals surface area contributed by atoms with Crippen LogP contribution in [0.15, 0.2) is 58.8 Å². The maximum atomic E-state index is 12.3. The molecule has 0 fully saturated rings. The Kier molecular flexibility index (Phi) is 7.72. The van der Waals surface area contributed by atoms with Gasteiger partial charge in [0.15, 0.2) is 0 Å². The molecule has 1 N–H and O–H groups in total. The van der Waals surface area contributed by atoms with E-state index in [4.69, 9.17) is 0 Å². The molecule has 0 atom stereocenters. The van der Waals surface area contributed by atoms with Crippen LogP contribution in [-0.2, 0) is 12.2 Å². The van der Waals surface area contributed by atoms with Crippen molar-refractivity contribution >= 4 is 34.7 Å². The monoisotopic (exact) mass is 425 g/mol. The Bertz CT molecular complexity index is 918. The van der Waals surface area contributed by atoms with E-state index in [0.717, 1.165) is 34.2 Å². The van der Waals surface area contributed by atoms with Crippen LogP contribution in [0.25, 0.3) is 0 Å². The summed E-state index contributed by atoms with van der Waals surface area (Å²) in [5.74, 6) is 0.838. The third-order valence-electron chi connectivity index (χ3n) is 4.55. The quantitative estimate of drug-likeness (QED) is 0.379. The van der Waals surface area contributed by atoms with Gasteiger partial charge in [0, 0.05) is 47.9 Å². The number of anilines is 1. The molecule has 29 heavy (non-hydrogen) atoms. The van der Waals surface area contributed by atoms with Crippen molar-refractivity contribution in [2.45, 2.75) is 30.4 Å². The second-order valence-corrected chi connectivity index (χ2v) is 9.20. The number of benzene rings is 2. The van der Waals surface area contributed by atoms with Gasteiger partial charge >= 0.3 is 0 Å². The van der Waals surface area contributed by atoms with Crippen LogP contribution in [0.5, 0.6) is 0 Å². The van der Waals surface area contributed by atoms with Crippen molar-refractivity contribution in [1.82, 2.24) is 10.3 Å². The summed E-state index contributed by atoms with van der Waals surface area (Å²) in [6, 6.07) is 16.4. The van der Waals surface area contributed by atoms with E-state index in [0.29, 0.717) is 12.1 Å². The number of hydrogen-bond donors (Lipinski definition) is 1. The molecule has 0 radical (unpaired) electrons. The van der Waals surface area contributed by atoms with Gasteiger partial charge in [0.2, 0.25) is 0 Å². The molecule has 152 valence electrons. The standard InChI is InChI=1S/C23H27N3OS2/c1-17-25-20(15-28-17)16-29-22-12-8-19(9-13-22)23(27)24-14-4-5-18-6-10-21(11-7-18)26(2)3/h6-13,15H,4-5,14,16H2,1-3H3,(H,24,27). The molecule has 1 amide bonds. The molecule has 2 aromatic carbocycles. The lowest BCUT2D eigenvalue weighted by atomic mass is 10.1. The molecule has 4 nitrogen and oxygen atoms in total. The Balaban J connectivity index is 1.39. The molecule has 0 aliphatic heterocycles. The van der Waals surface area contributed by atoms with E-state index >= 15 is 0 Å². The van der Waals surface area contributed by atoms with Crippen molar-refractivity contribution in [3.63, 3.8) is 0 Å². The van der Waals surface area contributed by atoms with Gasteiger partial charge in [-0.25, -0.2) is 4.98 Å². The highest BCUT2D eigenvalue weighted by Gasteiger charge is 2.06. The van der Waals surface area contributed by atoms with Gasteiger partial charge in [-0.05, 0) is 61.7 Å². The number of thiazole rings is 1. The maximum Gasteiger partial charge on any atom is 0.251 e. The van der Waals surface area contributed by atoms with Crippen LogP contribution in [0.3, 0.4) is 0 Å². The Morgan fingerprint density at radius 2 is 1.83 bits per heavy atom. The van der Waals surface area contributed by atoms with Crippen molar-refractivity contribution in [3.8, 4) is 0 Å². The van der Waals surface area contributed by atoms with E-state index < -0.39 is 0 Å². The highest BCUT2D eigenvalue weighted by molar-refractivity contribution is 7.98. The minimum Gasteiger partial charge on any atom is -0.378 e. The maximum absolute atomic E-state index is 12.3. The normalized spacial score (nSPS) is 10.7. The van der Waals surface area contributed by atoms with Crippen molar-refractivity contribution in [2.24, 2.45) is 0 Å². The fourth-order valence-electron chi connectivity index (χ4n) is 2.89. The summed E-state index contributed by atoms with van der Waals surface area (Å²) in [4.78, 5) is 20.1. The lowest BCUT2D eigenvalue weighted by Crippen LogP contribution is -2.24. The zero-order chi connectivity index (χ0) is 20.6. The predicted octanol–water partition coefficient (Wildman–Crippen LogP) is 5.17.